The van der Waals surface area contributed by atoms with Crippen LogP contribution in [0.25, 0.3) is 0 Å². The number of aromatic hydroxyl groups is 1. The fourth-order valence-corrected chi connectivity index (χ4v) is 4.01. The Morgan fingerprint density at radius 3 is 2.41 bits per heavy atom. The molecule has 1 heterocycles. The Kier molecular flexibility index (Phi) is 4.98. The van der Waals surface area contributed by atoms with Gasteiger partial charge in [-0.15, -0.1) is 0 Å². The van der Waals surface area contributed by atoms with Crippen molar-refractivity contribution < 1.29 is 19.8 Å². The molecule has 6 heteroatoms. The molecule has 0 saturated heterocycles. The summed E-state index contributed by atoms with van der Waals surface area (Å²) >= 11 is 3.38. The summed E-state index contributed by atoms with van der Waals surface area (Å²) in [6.07, 6.45) is -0.460. The molecule has 2 N–H and O–H groups in total. The first kappa shape index (κ1) is 19.4. The summed E-state index contributed by atoms with van der Waals surface area (Å²) in [6.45, 7) is 0.279. The van der Waals surface area contributed by atoms with Crippen molar-refractivity contribution in [2.75, 3.05) is 4.90 Å². The smallest absolute Gasteiger partial charge is 0.264 e. The number of rotatable bonds is 5. The number of carbonyl (C=O) groups excluding carboxylic acids is 2. The maximum Gasteiger partial charge on any atom is 0.264 e. The summed E-state index contributed by atoms with van der Waals surface area (Å²) in [6, 6.07) is 20.8. The molecular weight excluding hydrogens is 434 g/mol. The highest BCUT2D eigenvalue weighted by molar-refractivity contribution is 9.10. The highest BCUT2D eigenvalue weighted by Crippen LogP contribution is 2.45. The summed E-state index contributed by atoms with van der Waals surface area (Å²) in [5.41, 5.74) is -0.0863. The molecular formula is C23H18BrNO4. The molecule has 0 bridgehead atoms. The molecule has 4 rings (SSSR count). The number of para-hydroxylation sites is 1. The lowest BCUT2D eigenvalue weighted by Crippen LogP contribution is -2.41. The van der Waals surface area contributed by atoms with E-state index in [9.17, 15) is 19.8 Å². The molecule has 5 nitrogen and oxygen atoms in total. The summed E-state index contributed by atoms with van der Waals surface area (Å²) in [7, 11) is 0. The molecule has 3 aromatic carbocycles. The normalized spacial score (nSPS) is 18.0. The van der Waals surface area contributed by atoms with E-state index in [1.165, 1.54) is 17.0 Å². The van der Waals surface area contributed by atoms with Gasteiger partial charge in [-0.05, 0) is 35.9 Å². The standard InChI is InChI=1S/C23H18BrNO4/c24-16-10-11-19-18(12-16)23(29,13-21(27)17-8-4-5-9-20(17)26)22(28)25(19)14-15-6-2-1-3-7-15/h1-12,26,29H,13-14H2. The number of hydrogen-bond donors (Lipinski definition) is 2. The van der Waals surface area contributed by atoms with E-state index in [0.29, 0.717) is 15.7 Å². The first-order chi connectivity index (χ1) is 13.9. The zero-order valence-electron chi connectivity index (χ0n) is 15.4. The molecule has 1 aliphatic heterocycles. The maximum atomic E-state index is 13.3. The molecule has 0 aliphatic carbocycles. The zero-order chi connectivity index (χ0) is 20.6. The van der Waals surface area contributed by atoms with Crippen molar-refractivity contribution >= 4 is 33.3 Å². The van der Waals surface area contributed by atoms with Crippen LogP contribution in [0.15, 0.2) is 77.3 Å². The maximum absolute atomic E-state index is 13.3. The number of Topliss-reactive ketones (excluding diaryl/α,β-unsaturated/α-hetero) is 1. The van der Waals surface area contributed by atoms with E-state index in [0.717, 1.165) is 5.56 Å². The molecule has 0 saturated carbocycles. The highest BCUT2D eigenvalue weighted by atomic mass is 79.9. The van der Waals surface area contributed by atoms with Gasteiger partial charge in [0.15, 0.2) is 11.4 Å². The Hall–Kier alpha value is -2.96. The van der Waals surface area contributed by atoms with Crippen molar-refractivity contribution in [3.8, 4) is 5.75 Å². The Labute approximate surface area is 176 Å². The molecule has 1 atom stereocenters. The van der Waals surface area contributed by atoms with Crippen LogP contribution in [0, 0.1) is 0 Å². The number of ketones is 1. The van der Waals surface area contributed by atoms with E-state index >= 15 is 0 Å². The van der Waals surface area contributed by atoms with Gasteiger partial charge < -0.3 is 15.1 Å². The lowest BCUT2D eigenvalue weighted by molar-refractivity contribution is -0.136. The summed E-state index contributed by atoms with van der Waals surface area (Å²) in [5.74, 6) is -1.24. The lowest BCUT2D eigenvalue weighted by atomic mass is 9.88. The minimum Gasteiger partial charge on any atom is -0.507 e. The quantitative estimate of drug-likeness (QED) is 0.570. The Balaban J connectivity index is 1.73. The van der Waals surface area contributed by atoms with Crippen molar-refractivity contribution in [1.82, 2.24) is 0 Å². The second-order valence-corrected chi connectivity index (χ2v) is 7.93. The van der Waals surface area contributed by atoms with Crippen LogP contribution in [-0.4, -0.2) is 21.9 Å². The van der Waals surface area contributed by atoms with E-state index in [2.05, 4.69) is 15.9 Å². The Bertz CT molecular complexity index is 1100. The van der Waals surface area contributed by atoms with E-state index in [1.54, 1.807) is 30.3 Å². The van der Waals surface area contributed by atoms with Crippen molar-refractivity contribution in [3.05, 3.63) is 94.0 Å². The number of aliphatic hydroxyl groups is 1. The van der Waals surface area contributed by atoms with Gasteiger partial charge in [-0.1, -0.05) is 58.4 Å². The minimum absolute atomic E-state index is 0.0757. The fraction of sp³-hybridized carbons (Fsp3) is 0.130. The number of benzene rings is 3. The first-order valence-electron chi connectivity index (χ1n) is 9.09. The van der Waals surface area contributed by atoms with Gasteiger partial charge in [0.2, 0.25) is 0 Å². The van der Waals surface area contributed by atoms with Crippen LogP contribution in [-0.2, 0) is 16.9 Å². The first-order valence-corrected chi connectivity index (χ1v) is 9.89. The van der Waals surface area contributed by atoms with Crippen LogP contribution < -0.4 is 4.90 Å². The summed E-state index contributed by atoms with van der Waals surface area (Å²) < 4.78 is 0.694. The molecule has 0 radical (unpaired) electrons. The van der Waals surface area contributed by atoms with E-state index in [1.807, 2.05) is 30.3 Å². The number of fused-ring (bicyclic) bond motifs is 1. The van der Waals surface area contributed by atoms with Crippen LogP contribution >= 0.6 is 15.9 Å². The number of amides is 1. The average Bonchev–Trinajstić information content (AvgIpc) is 2.90. The molecule has 1 amide bonds. The Morgan fingerprint density at radius 1 is 1.00 bits per heavy atom. The van der Waals surface area contributed by atoms with E-state index < -0.39 is 23.7 Å². The van der Waals surface area contributed by atoms with Crippen LogP contribution in [0.1, 0.15) is 27.9 Å². The molecule has 1 unspecified atom stereocenters. The summed E-state index contributed by atoms with van der Waals surface area (Å²) in [5, 5.41) is 21.4. The molecule has 1 aliphatic rings. The van der Waals surface area contributed by atoms with E-state index in [-0.39, 0.29) is 17.9 Å². The number of hydrogen-bond acceptors (Lipinski definition) is 4. The van der Waals surface area contributed by atoms with Crippen LogP contribution in [0.4, 0.5) is 5.69 Å². The second-order valence-electron chi connectivity index (χ2n) is 7.02. The lowest BCUT2D eigenvalue weighted by Gasteiger charge is -2.23. The fourth-order valence-electron chi connectivity index (χ4n) is 3.65. The van der Waals surface area contributed by atoms with Gasteiger partial charge in [0.05, 0.1) is 24.2 Å². The third-order valence-corrected chi connectivity index (χ3v) is 5.59. The third kappa shape index (κ3) is 3.45. The number of anilines is 1. The molecule has 3 aromatic rings. The van der Waals surface area contributed by atoms with Gasteiger partial charge in [-0.2, -0.15) is 0 Å². The van der Waals surface area contributed by atoms with Gasteiger partial charge in [0.25, 0.3) is 5.91 Å². The highest BCUT2D eigenvalue weighted by Gasteiger charge is 2.51. The van der Waals surface area contributed by atoms with Crippen LogP contribution in [0.3, 0.4) is 0 Å². The predicted molar refractivity (Wildman–Crippen MR) is 113 cm³/mol. The van der Waals surface area contributed by atoms with Gasteiger partial charge in [-0.25, -0.2) is 0 Å². The molecule has 0 fully saturated rings. The molecule has 0 aromatic heterocycles. The zero-order valence-corrected chi connectivity index (χ0v) is 17.0. The monoisotopic (exact) mass is 451 g/mol. The van der Waals surface area contributed by atoms with Crippen molar-refractivity contribution in [3.63, 3.8) is 0 Å². The predicted octanol–water partition coefficient (Wildman–Crippen LogP) is 4.16. The topological polar surface area (TPSA) is 77.8 Å². The largest absolute Gasteiger partial charge is 0.507 e. The van der Waals surface area contributed by atoms with Crippen molar-refractivity contribution in [1.29, 1.82) is 0 Å². The van der Waals surface area contributed by atoms with Gasteiger partial charge in [-0.3, -0.25) is 9.59 Å². The summed E-state index contributed by atoms with van der Waals surface area (Å²) in [4.78, 5) is 27.6. The molecule has 29 heavy (non-hydrogen) atoms. The number of halogens is 1. The van der Waals surface area contributed by atoms with Gasteiger partial charge in [0.1, 0.15) is 5.75 Å². The SMILES string of the molecule is O=C(CC1(O)C(=O)N(Cc2ccccc2)c2ccc(Br)cc21)c1ccccc1O. The van der Waals surface area contributed by atoms with Crippen molar-refractivity contribution in [2.45, 2.75) is 18.6 Å². The van der Waals surface area contributed by atoms with Gasteiger partial charge >= 0.3 is 0 Å². The average molecular weight is 452 g/mol. The number of phenolic OH excluding ortho intramolecular Hbond substituents is 1. The third-order valence-electron chi connectivity index (χ3n) is 5.10. The minimum atomic E-state index is -2.01. The van der Waals surface area contributed by atoms with Gasteiger partial charge in [0, 0.05) is 10.0 Å². The molecule has 0 spiro atoms. The molecule has 146 valence electrons. The van der Waals surface area contributed by atoms with Crippen LogP contribution in [0.5, 0.6) is 5.75 Å². The van der Waals surface area contributed by atoms with Crippen molar-refractivity contribution in [2.24, 2.45) is 0 Å². The van der Waals surface area contributed by atoms with Crippen LogP contribution in [0.2, 0.25) is 0 Å². The second kappa shape index (κ2) is 7.46. The Morgan fingerprint density at radius 2 is 1.69 bits per heavy atom. The number of phenols is 1. The van der Waals surface area contributed by atoms with E-state index in [4.69, 9.17) is 0 Å². The number of nitrogens with zero attached hydrogens (tertiary/aromatic N) is 1. The number of carbonyl (C=O) groups is 2.